The van der Waals surface area contributed by atoms with Gasteiger partial charge in [-0.15, -0.1) is 0 Å². The number of pyridine rings is 1. The van der Waals surface area contributed by atoms with Crippen molar-refractivity contribution in [2.45, 2.75) is 70.3 Å². The number of urea groups is 1. The number of carbonyl (C=O) groups excluding carboxylic acids is 2. The van der Waals surface area contributed by atoms with Crippen molar-refractivity contribution < 1.29 is 37.0 Å². The molecule has 3 N–H and O–H groups in total. The summed E-state index contributed by atoms with van der Waals surface area (Å²) in [6, 6.07) is -0.519. The van der Waals surface area contributed by atoms with Gasteiger partial charge in [0.2, 0.25) is 5.91 Å². The molecule has 218 valence electrons. The topological polar surface area (TPSA) is 117 Å². The molecular formula is C26H33F3N6O5. The average molecular weight is 567 g/mol. The summed E-state index contributed by atoms with van der Waals surface area (Å²) in [5.74, 6) is -0.394. The number of hydrogen-bond donors (Lipinski definition) is 3. The second-order valence-corrected chi connectivity index (χ2v) is 10.8. The van der Waals surface area contributed by atoms with Crippen LogP contribution in [0, 0.1) is 0 Å². The minimum atomic E-state index is -4.58. The standard InChI is InChI=1S/C26H33F3N6O5/c1-14-9-19-22(33-21(14)23(36)31-15(2)26(27,28)29)35(16-6-8-34(19)11-16)24(37)32-20-10-17(5-7-30-20)38-12-18-13-39-25(3,4)40-18/h5,7,9-10,15-16,18,21,33H,6,8,11-13H2,1-4H3,(H,31,36)(H,30,32,37)/t15-,16?,18+,21?/m1/s1. The third kappa shape index (κ3) is 5.82. The maximum atomic E-state index is 13.6. The highest BCUT2D eigenvalue weighted by Gasteiger charge is 2.45. The molecule has 2 bridgehead atoms. The number of carbonyl (C=O) groups is 2. The maximum Gasteiger partial charge on any atom is 0.408 e. The zero-order valence-corrected chi connectivity index (χ0v) is 22.7. The molecule has 4 aliphatic rings. The van der Waals surface area contributed by atoms with Crippen molar-refractivity contribution in [3.8, 4) is 5.75 Å². The van der Waals surface area contributed by atoms with Crippen molar-refractivity contribution in [2.75, 3.05) is 31.6 Å². The molecule has 11 nitrogen and oxygen atoms in total. The van der Waals surface area contributed by atoms with E-state index in [0.717, 1.165) is 6.92 Å². The summed E-state index contributed by atoms with van der Waals surface area (Å²) in [6.45, 7) is 8.17. The lowest BCUT2D eigenvalue weighted by Gasteiger charge is -2.42. The Morgan fingerprint density at radius 3 is 2.83 bits per heavy atom. The van der Waals surface area contributed by atoms with Gasteiger partial charge in [-0.2, -0.15) is 13.2 Å². The van der Waals surface area contributed by atoms with Crippen molar-refractivity contribution in [3.63, 3.8) is 0 Å². The highest BCUT2D eigenvalue weighted by molar-refractivity contribution is 5.91. The van der Waals surface area contributed by atoms with Gasteiger partial charge in [0, 0.05) is 25.4 Å². The van der Waals surface area contributed by atoms with E-state index >= 15 is 0 Å². The van der Waals surface area contributed by atoms with E-state index in [-0.39, 0.29) is 24.6 Å². The van der Waals surface area contributed by atoms with Gasteiger partial charge in [-0.25, -0.2) is 9.78 Å². The first kappa shape index (κ1) is 28.0. The number of hydrogen-bond acceptors (Lipinski definition) is 8. The first-order valence-corrected chi connectivity index (χ1v) is 13.1. The van der Waals surface area contributed by atoms with Crippen LogP contribution in [0.25, 0.3) is 0 Å². The van der Waals surface area contributed by atoms with Gasteiger partial charge >= 0.3 is 12.2 Å². The van der Waals surface area contributed by atoms with Gasteiger partial charge in [0.15, 0.2) is 5.79 Å². The molecule has 2 saturated heterocycles. The van der Waals surface area contributed by atoms with Gasteiger partial charge in [-0.05, 0) is 51.8 Å². The van der Waals surface area contributed by atoms with Crippen molar-refractivity contribution in [1.82, 2.24) is 25.4 Å². The number of allylic oxidation sites excluding steroid dienone is 1. The molecule has 3 amide bonds. The first-order valence-electron chi connectivity index (χ1n) is 13.1. The van der Waals surface area contributed by atoms with Gasteiger partial charge in [-0.3, -0.25) is 15.0 Å². The second-order valence-electron chi connectivity index (χ2n) is 10.8. The zero-order valence-electron chi connectivity index (χ0n) is 22.7. The number of alkyl halides is 3. The number of amides is 3. The minimum absolute atomic E-state index is 0.196. The van der Waals surface area contributed by atoms with Crippen molar-refractivity contribution >= 4 is 17.8 Å². The van der Waals surface area contributed by atoms with Crippen LogP contribution in [-0.2, 0) is 14.3 Å². The number of ether oxygens (including phenoxy) is 3. The van der Waals surface area contributed by atoms with Crippen LogP contribution in [-0.4, -0.2) is 89.2 Å². The van der Waals surface area contributed by atoms with E-state index < -0.39 is 36.0 Å². The summed E-state index contributed by atoms with van der Waals surface area (Å²) < 4.78 is 56.3. The Morgan fingerprint density at radius 2 is 2.12 bits per heavy atom. The molecule has 0 spiro atoms. The van der Waals surface area contributed by atoms with Crippen LogP contribution in [0.3, 0.4) is 0 Å². The second kappa shape index (κ2) is 10.5. The highest BCUT2D eigenvalue weighted by Crippen LogP contribution is 2.35. The van der Waals surface area contributed by atoms with Gasteiger partial charge in [0.05, 0.1) is 18.3 Å². The molecule has 0 aromatic carbocycles. The SMILES string of the molecule is CC1=CC2=C(NC1C(=O)N[C@H](C)C(F)(F)F)N(C(=O)Nc1cc(OC[C@H]3COC(C)(C)O3)ccn1)C1CCN2C1. The number of rotatable bonds is 6. The largest absolute Gasteiger partial charge is 0.491 e. The summed E-state index contributed by atoms with van der Waals surface area (Å²) in [4.78, 5) is 34.2. The lowest BCUT2D eigenvalue weighted by Crippen LogP contribution is -2.58. The summed E-state index contributed by atoms with van der Waals surface area (Å²) in [5.41, 5.74) is 1.25. The molecule has 1 aromatic heterocycles. The van der Waals surface area contributed by atoms with Crippen molar-refractivity contribution in [1.29, 1.82) is 0 Å². The number of anilines is 1. The van der Waals surface area contributed by atoms with E-state index in [0.29, 0.717) is 49.0 Å². The Balaban J connectivity index is 1.29. The molecule has 0 saturated carbocycles. The number of fused-ring (bicyclic) bond motifs is 3. The smallest absolute Gasteiger partial charge is 0.408 e. The van der Waals surface area contributed by atoms with E-state index in [1.165, 1.54) is 11.1 Å². The summed E-state index contributed by atoms with van der Waals surface area (Å²) in [7, 11) is 0. The van der Waals surface area contributed by atoms with Gasteiger partial charge in [-0.1, -0.05) is 0 Å². The summed E-state index contributed by atoms with van der Waals surface area (Å²) in [5, 5.41) is 7.84. The van der Waals surface area contributed by atoms with Crippen LogP contribution in [0.2, 0.25) is 0 Å². The van der Waals surface area contributed by atoms with E-state index in [4.69, 9.17) is 14.2 Å². The van der Waals surface area contributed by atoms with Crippen LogP contribution in [0.5, 0.6) is 5.75 Å². The predicted octanol–water partition coefficient (Wildman–Crippen LogP) is 2.69. The Labute approximate surface area is 229 Å². The van der Waals surface area contributed by atoms with Gasteiger partial charge in [0.1, 0.15) is 42.2 Å². The molecule has 2 unspecified atom stereocenters. The molecular weight excluding hydrogens is 533 g/mol. The Kier molecular flexibility index (Phi) is 7.33. The molecule has 40 heavy (non-hydrogen) atoms. The summed E-state index contributed by atoms with van der Waals surface area (Å²) in [6.07, 6.45) is -0.866. The monoisotopic (exact) mass is 566 g/mol. The van der Waals surface area contributed by atoms with Gasteiger partial charge < -0.3 is 29.7 Å². The Hall–Kier alpha value is -3.52. The Bertz CT molecular complexity index is 1240. The molecule has 5 rings (SSSR count). The number of nitrogens with zero attached hydrogens (tertiary/aromatic N) is 3. The molecule has 2 fully saturated rings. The van der Waals surface area contributed by atoms with Crippen LogP contribution in [0.15, 0.2) is 41.5 Å². The third-order valence-electron chi connectivity index (χ3n) is 7.25. The van der Waals surface area contributed by atoms with E-state index in [1.54, 1.807) is 25.1 Å². The summed E-state index contributed by atoms with van der Waals surface area (Å²) >= 11 is 0. The number of halogens is 3. The molecule has 0 aliphatic carbocycles. The fraction of sp³-hybridized carbons (Fsp3) is 0.577. The van der Waals surface area contributed by atoms with Crippen LogP contribution >= 0.6 is 0 Å². The number of aromatic nitrogens is 1. The van der Waals surface area contributed by atoms with E-state index in [2.05, 4.69) is 20.5 Å². The molecule has 4 atom stereocenters. The molecule has 14 heteroatoms. The van der Waals surface area contributed by atoms with Crippen LogP contribution in [0.4, 0.5) is 23.8 Å². The quantitative estimate of drug-likeness (QED) is 0.482. The average Bonchev–Trinajstić information content (AvgIpc) is 3.45. The van der Waals surface area contributed by atoms with Crippen molar-refractivity contribution in [2.24, 2.45) is 0 Å². The lowest BCUT2D eigenvalue weighted by atomic mass is 10.0. The number of nitrogens with one attached hydrogen (secondary N) is 3. The lowest BCUT2D eigenvalue weighted by molar-refractivity contribution is -0.158. The normalized spacial score (nSPS) is 26.1. The number of dihydropyridines is 1. The molecule has 5 heterocycles. The highest BCUT2D eigenvalue weighted by atomic mass is 19.4. The van der Waals surface area contributed by atoms with Crippen LogP contribution in [0.1, 0.15) is 34.1 Å². The minimum Gasteiger partial charge on any atom is -0.491 e. The maximum absolute atomic E-state index is 13.6. The predicted molar refractivity (Wildman–Crippen MR) is 137 cm³/mol. The van der Waals surface area contributed by atoms with E-state index in [1.807, 2.05) is 19.2 Å². The third-order valence-corrected chi connectivity index (χ3v) is 7.25. The molecule has 1 aromatic rings. The zero-order chi connectivity index (χ0) is 28.8. The van der Waals surface area contributed by atoms with Gasteiger partial charge in [0.25, 0.3) is 0 Å². The van der Waals surface area contributed by atoms with E-state index in [9.17, 15) is 22.8 Å². The molecule has 0 radical (unpaired) electrons. The molecule has 4 aliphatic heterocycles. The fourth-order valence-corrected chi connectivity index (χ4v) is 5.17. The van der Waals surface area contributed by atoms with Crippen molar-refractivity contribution in [3.05, 3.63) is 41.5 Å². The Morgan fingerprint density at radius 1 is 1.35 bits per heavy atom. The fourth-order valence-electron chi connectivity index (χ4n) is 5.17. The first-order chi connectivity index (χ1) is 18.8. The van der Waals surface area contributed by atoms with Crippen LogP contribution < -0.4 is 20.7 Å².